The van der Waals surface area contributed by atoms with Gasteiger partial charge in [0.05, 0.1) is 10.6 Å². The number of carbonyl (C=O) groups is 1. The van der Waals surface area contributed by atoms with E-state index in [1.807, 2.05) is 0 Å². The molecule has 0 aromatic heterocycles. The van der Waals surface area contributed by atoms with E-state index < -0.39 is 21.1 Å². The van der Waals surface area contributed by atoms with Crippen molar-refractivity contribution in [3.05, 3.63) is 23.3 Å². The number of hydrogen-bond donors (Lipinski definition) is 3. The van der Waals surface area contributed by atoms with Crippen molar-refractivity contribution in [1.29, 1.82) is 0 Å². The van der Waals surface area contributed by atoms with Crippen LogP contribution >= 0.6 is 0 Å². The van der Waals surface area contributed by atoms with E-state index in [2.05, 4.69) is 10.3 Å². The molecule has 0 radical (unpaired) electrons. The number of carbonyl (C=O) groups excluding carboxylic acids is 1. The molecule has 1 amide bonds. The number of rotatable bonds is 1. The summed E-state index contributed by atoms with van der Waals surface area (Å²) >= 11 is 0. The molecule has 8 heteroatoms. The third-order valence-corrected chi connectivity index (χ3v) is 4.92. The summed E-state index contributed by atoms with van der Waals surface area (Å²) < 4.78 is 24.1. The van der Waals surface area contributed by atoms with Crippen LogP contribution in [-0.4, -0.2) is 25.7 Å². The molecule has 1 heterocycles. The zero-order chi connectivity index (χ0) is 14.4. The van der Waals surface area contributed by atoms with Gasteiger partial charge in [-0.2, -0.15) is 4.99 Å². The number of benzene rings is 1. The SMILES string of the molecule is Cc1cc2c(cc1C(=O)N=C(N)N)S(=O)(=O)C(C)N2. The molecule has 0 saturated carbocycles. The second-order valence-electron chi connectivity index (χ2n) is 4.34. The fourth-order valence-electron chi connectivity index (χ4n) is 1.93. The van der Waals surface area contributed by atoms with Crippen molar-refractivity contribution in [2.24, 2.45) is 16.5 Å². The van der Waals surface area contributed by atoms with Crippen LogP contribution in [0.4, 0.5) is 5.69 Å². The zero-order valence-electron chi connectivity index (χ0n) is 10.5. The van der Waals surface area contributed by atoms with E-state index in [0.717, 1.165) is 0 Å². The summed E-state index contributed by atoms with van der Waals surface area (Å²) in [5.41, 5.74) is 11.6. The molecule has 0 saturated heterocycles. The van der Waals surface area contributed by atoms with Crippen molar-refractivity contribution in [3.8, 4) is 0 Å². The van der Waals surface area contributed by atoms with Gasteiger partial charge in [0.1, 0.15) is 5.37 Å². The van der Waals surface area contributed by atoms with E-state index in [4.69, 9.17) is 11.5 Å². The Hall–Kier alpha value is -2.09. The molecule has 102 valence electrons. The molecule has 19 heavy (non-hydrogen) atoms. The Morgan fingerprint density at radius 3 is 2.58 bits per heavy atom. The molecule has 1 aliphatic heterocycles. The lowest BCUT2D eigenvalue weighted by Gasteiger charge is -2.05. The minimum Gasteiger partial charge on any atom is -0.370 e. The maximum absolute atomic E-state index is 12.0. The minimum atomic E-state index is -3.46. The van der Waals surface area contributed by atoms with E-state index in [1.54, 1.807) is 19.9 Å². The van der Waals surface area contributed by atoms with Gasteiger partial charge < -0.3 is 16.8 Å². The Balaban J connectivity index is 2.61. The molecule has 1 aromatic rings. The molecule has 0 aliphatic carbocycles. The summed E-state index contributed by atoms with van der Waals surface area (Å²) in [6.45, 7) is 3.23. The quantitative estimate of drug-likeness (QED) is 0.489. The minimum absolute atomic E-state index is 0.0970. The van der Waals surface area contributed by atoms with Gasteiger partial charge in [-0.15, -0.1) is 0 Å². The zero-order valence-corrected chi connectivity index (χ0v) is 11.3. The van der Waals surface area contributed by atoms with Gasteiger partial charge in [0.2, 0.25) is 9.84 Å². The van der Waals surface area contributed by atoms with Crippen LogP contribution in [-0.2, 0) is 9.84 Å². The maximum atomic E-state index is 12.0. The Morgan fingerprint density at radius 1 is 1.37 bits per heavy atom. The number of fused-ring (bicyclic) bond motifs is 1. The van der Waals surface area contributed by atoms with Gasteiger partial charge in [0.15, 0.2) is 5.96 Å². The summed E-state index contributed by atoms with van der Waals surface area (Å²) in [6, 6.07) is 2.91. The summed E-state index contributed by atoms with van der Waals surface area (Å²) in [5, 5.41) is 2.14. The maximum Gasteiger partial charge on any atom is 0.280 e. The lowest BCUT2D eigenvalue weighted by atomic mass is 10.1. The van der Waals surface area contributed by atoms with Crippen molar-refractivity contribution in [1.82, 2.24) is 0 Å². The third kappa shape index (κ3) is 2.14. The molecule has 0 spiro atoms. The first-order valence-electron chi connectivity index (χ1n) is 5.52. The highest BCUT2D eigenvalue weighted by atomic mass is 32.2. The number of aryl methyl sites for hydroxylation is 1. The van der Waals surface area contributed by atoms with Crippen molar-refractivity contribution in [2.45, 2.75) is 24.1 Å². The summed E-state index contributed by atoms with van der Waals surface area (Å²) in [7, 11) is -3.46. The molecule has 0 bridgehead atoms. The average Bonchev–Trinajstić information content (AvgIpc) is 2.47. The van der Waals surface area contributed by atoms with Gasteiger partial charge in [-0.3, -0.25) is 4.79 Å². The summed E-state index contributed by atoms with van der Waals surface area (Å²) in [6.07, 6.45) is 0. The van der Waals surface area contributed by atoms with Crippen molar-refractivity contribution in [3.63, 3.8) is 0 Å². The number of sulfone groups is 1. The van der Waals surface area contributed by atoms with Gasteiger partial charge >= 0.3 is 0 Å². The number of amides is 1. The number of guanidine groups is 1. The van der Waals surface area contributed by atoms with Crippen LogP contribution in [0.5, 0.6) is 0 Å². The fourth-order valence-corrected chi connectivity index (χ4v) is 3.30. The largest absolute Gasteiger partial charge is 0.370 e. The fraction of sp³-hybridized carbons (Fsp3) is 0.273. The first-order valence-corrected chi connectivity index (χ1v) is 7.07. The molecule has 5 N–H and O–H groups in total. The highest BCUT2D eigenvalue weighted by Gasteiger charge is 2.34. The lowest BCUT2D eigenvalue weighted by Crippen LogP contribution is -2.24. The Morgan fingerprint density at radius 2 is 2.00 bits per heavy atom. The highest BCUT2D eigenvalue weighted by Crippen LogP contribution is 2.35. The normalized spacial score (nSPS) is 19.4. The number of nitrogens with zero attached hydrogens (tertiary/aromatic N) is 1. The van der Waals surface area contributed by atoms with Crippen LogP contribution in [0.2, 0.25) is 0 Å². The van der Waals surface area contributed by atoms with Crippen LogP contribution in [0.3, 0.4) is 0 Å². The molecule has 0 fully saturated rings. The standard InChI is InChI=1S/C11H14N4O3S/c1-5-3-8-9(19(17,18)6(2)14-8)4-7(5)10(16)15-11(12)13/h3-4,6,14H,1-2H3,(H4,12,13,15,16). The Bertz CT molecular complexity index is 690. The van der Waals surface area contributed by atoms with E-state index in [1.165, 1.54) is 6.07 Å². The van der Waals surface area contributed by atoms with E-state index in [-0.39, 0.29) is 16.4 Å². The number of nitrogens with two attached hydrogens (primary N) is 2. The number of hydrogen-bond acceptors (Lipinski definition) is 4. The van der Waals surface area contributed by atoms with Crippen LogP contribution in [0.25, 0.3) is 0 Å². The topological polar surface area (TPSA) is 128 Å². The van der Waals surface area contributed by atoms with Crippen molar-refractivity contribution in [2.75, 3.05) is 5.32 Å². The van der Waals surface area contributed by atoms with E-state index in [0.29, 0.717) is 11.3 Å². The first-order chi connectivity index (χ1) is 8.73. The monoisotopic (exact) mass is 282 g/mol. The number of nitrogens with one attached hydrogen (secondary N) is 1. The van der Waals surface area contributed by atoms with Gasteiger partial charge in [-0.1, -0.05) is 0 Å². The Labute approximate surface area is 110 Å². The molecule has 1 aromatic carbocycles. The van der Waals surface area contributed by atoms with Crippen LogP contribution in [0.15, 0.2) is 22.0 Å². The summed E-state index contributed by atoms with van der Waals surface area (Å²) in [4.78, 5) is 15.3. The number of anilines is 1. The second kappa shape index (κ2) is 4.23. The Kier molecular flexibility index (Phi) is 2.97. The predicted molar refractivity (Wildman–Crippen MR) is 71.6 cm³/mol. The molecule has 1 aliphatic rings. The van der Waals surface area contributed by atoms with E-state index in [9.17, 15) is 13.2 Å². The molecular formula is C11H14N4O3S. The van der Waals surface area contributed by atoms with Gasteiger partial charge in [-0.25, -0.2) is 8.42 Å². The molecule has 1 unspecified atom stereocenters. The van der Waals surface area contributed by atoms with Crippen molar-refractivity contribution >= 4 is 27.4 Å². The van der Waals surface area contributed by atoms with Gasteiger partial charge in [-0.05, 0) is 31.5 Å². The van der Waals surface area contributed by atoms with Crippen LogP contribution in [0.1, 0.15) is 22.8 Å². The van der Waals surface area contributed by atoms with E-state index >= 15 is 0 Å². The first kappa shape index (κ1) is 13.3. The van der Waals surface area contributed by atoms with Gasteiger partial charge in [0, 0.05) is 5.56 Å². The number of aliphatic imine (C=N–C) groups is 1. The van der Waals surface area contributed by atoms with Crippen molar-refractivity contribution < 1.29 is 13.2 Å². The smallest absolute Gasteiger partial charge is 0.280 e. The lowest BCUT2D eigenvalue weighted by molar-refractivity contribution is 0.100. The van der Waals surface area contributed by atoms with Crippen LogP contribution < -0.4 is 16.8 Å². The predicted octanol–water partition coefficient (Wildman–Crippen LogP) is -0.0462. The molecule has 7 nitrogen and oxygen atoms in total. The summed E-state index contributed by atoms with van der Waals surface area (Å²) in [5.74, 6) is -1.02. The third-order valence-electron chi connectivity index (χ3n) is 2.92. The molecule has 1 atom stereocenters. The molecule has 2 rings (SSSR count). The second-order valence-corrected chi connectivity index (χ2v) is 6.57. The molecular weight excluding hydrogens is 268 g/mol. The van der Waals surface area contributed by atoms with Crippen LogP contribution in [0, 0.1) is 6.92 Å². The van der Waals surface area contributed by atoms with Gasteiger partial charge in [0.25, 0.3) is 5.91 Å². The highest BCUT2D eigenvalue weighted by molar-refractivity contribution is 7.92. The average molecular weight is 282 g/mol.